The van der Waals surface area contributed by atoms with Gasteiger partial charge in [-0.25, -0.2) is 0 Å². The largest absolute Gasteiger partial charge is 0.469 e. The molecule has 0 saturated heterocycles. The summed E-state index contributed by atoms with van der Waals surface area (Å²) in [6.45, 7) is 0.544. The van der Waals surface area contributed by atoms with Crippen molar-refractivity contribution < 1.29 is 14.3 Å². The topological polar surface area (TPSA) is 46.6 Å². The number of ether oxygens (including phenoxy) is 1. The molecule has 0 radical (unpaired) electrons. The van der Waals surface area contributed by atoms with Gasteiger partial charge in [0.15, 0.2) is 0 Å². The number of carbonyl (C=O) groups excluding carboxylic acids is 2. The maximum absolute atomic E-state index is 12.3. The van der Waals surface area contributed by atoms with Gasteiger partial charge in [0, 0.05) is 24.7 Å². The zero-order valence-corrected chi connectivity index (χ0v) is 12.4. The van der Waals surface area contributed by atoms with Crippen molar-refractivity contribution in [3.63, 3.8) is 0 Å². The number of hydrogen-bond acceptors (Lipinski definition) is 4. The highest BCUT2D eigenvalue weighted by atomic mass is 32.1. The van der Waals surface area contributed by atoms with Gasteiger partial charge < -0.3 is 9.64 Å². The summed E-state index contributed by atoms with van der Waals surface area (Å²) >= 11 is 1.50. The van der Waals surface area contributed by atoms with E-state index >= 15 is 0 Å². The highest BCUT2D eigenvalue weighted by molar-refractivity contribution is 7.20. The second kappa shape index (κ2) is 6.52. The lowest BCUT2D eigenvalue weighted by Crippen LogP contribution is -2.27. The molecule has 0 fully saturated rings. The van der Waals surface area contributed by atoms with Gasteiger partial charge in [0.1, 0.15) is 0 Å². The van der Waals surface area contributed by atoms with Crippen LogP contribution in [-0.2, 0) is 9.53 Å². The molecule has 1 aromatic carbocycles. The molecule has 0 atom stereocenters. The molecule has 1 aromatic heterocycles. The molecule has 0 aliphatic heterocycles. The van der Waals surface area contributed by atoms with Crippen LogP contribution in [0.25, 0.3) is 10.1 Å². The Morgan fingerprint density at radius 3 is 2.75 bits per heavy atom. The van der Waals surface area contributed by atoms with E-state index in [0.717, 1.165) is 15.0 Å². The van der Waals surface area contributed by atoms with E-state index in [1.807, 2.05) is 30.3 Å². The maximum atomic E-state index is 12.3. The molecule has 2 rings (SSSR count). The van der Waals surface area contributed by atoms with Gasteiger partial charge in [-0.2, -0.15) is 0 Å². The van der Waals surface area contributed by atoms with Crippen LogP contribution >= 0.6 is 11.3 Å². The van der Waals surface area contributed by atoms with Gasteiger partial charge in [0.25, 0.3) is 5.91 Å². The van der Waals surface area contributed by atoms with Crippen LogP contribution in [0.1, 0.15) is 22.5 Å². The summed E-state index contributed by atoms with van der Waals surface area (Å²) in [6.07, 6.45) is 0.945. The Morgan fingerprint density at radius 2 is 2.05 bits per heavy atom. The van der Waals surface area contributed by atoms with Crippen LogP contribution in [0.3, 0.4) is 0 Å². The summed E-state index contributed by atoms with van der Waals surface area (Å²) in [4.78, 5) is 25.7. The van der Waals surface area contributed by atoms with Crippen LogP contribution in [0.5, 0.6) is 0 Å². The number of hydrogen-bond donors (Lipinski definition) is 0. The molecule has 2 aromatic rings. The number of benzene rings is 1. The van der Waals surface area contributed by atoms with Crippen LogP contribution in [-0.4, -0.2) is 37.5 Å². The second-order valence-corrected chi connectivity index (χ2v) is 5.64. The molecule has 20 heavy (non-hydrogen) atoms. The van der Waals surface area contributed by atoms with Crippen molar-refractivity contribution in [3.8, 4) is 0 Å². The normalized spacial score (nSPS) is 10.5. The molecule has 0 bridgehead atoms. The Hall–Kier alpha value is -1.88. The van der Waals surface area contributed by atoms with E-state index in [2.05, 4.69) is 4.74 Å². The number of fused-ring (bicyclic) bond motifs is 1. The monoisotopic (exact) mass is 291 g/mol. The fraction of sp³-hybridized carbons (Fsp3) is 0.333. The van der Waals surface area contributed by atoms with E-state index < -0.39 is 0 Å². The second-order valence-electron chi connectivity index (χ2n) is 4.55. The first kappa shape index (κ1) is 14.5. The number of rotatable bonds is 5. The molecule has 5 heteroatoms. The highest BCUT2D eigenvalue weighted by Gasteiger charge is 2.14. The van der Waals surface area contributed by atoms with E-state index in [1.165, 1.54) is 18.4 Å². The van der Waals surface area contributed by atoms with Crippen LogP contribution in [0.4, 0.5) is 0 Å². The molecule has 106 valence electrons. The van der Waals surface area contributed by atoms with Crippen LogP contribution in [0.2, 0.25) is 0 Å². The molecule has 0 aliphatic rings. The standard InChI is InChI=1S/C15H17NO3S/c1-16(9-5-8-14(17)19-2)15(18)13-10-11-6-3-4-7-12(11)20-13/h3-4,6-7,10H,5,8-9H2,1-2H3. The SMILES string of the molecule is COC(=O)CCCN(C)C(=O)c1cc2ccccc2s1. The van der Waals surface area contributed by atoms with Gasteiger partial charge >= 0.3 is 5.97 Å². The van der Waals surface area contributed by atoms with E-state index in [4.69, 9.17) is 0 Å². The zero-order chi connectivity index (χ0) is 14.5. The lowest BCUT2D eigenvalue weighted by Gasteiger charge is -2.15. The minimum Gasteiger partial charge on any atom is -0.469 e. The first-order chi connectivity index (χ1) is 9.61. The van der Waals surface area contributed by atoms with E-state index in [1.54, 1.807) is 11.9 Å². The van der Waals surface area contributed by atoms with Crippen molar-refractivity contribution in [3.05, 3.63) is 35.2 Å². The number of thiophene rings is 1. The summed E-state index contributed by atoms with van der Waals surface area (Å²) in [6, 6.07) is 9.85. The summed E-state index contributed by atoms with van der Waals surface area (Å²) in [5.74, 6) is -0.247. The predicted octanol–water partition coefficient (Wildman–Crippen LogP) is 2.93. The number of amides is 1. The minimum absolute atomic E-state index is 0.00364. The number of methoxy groups -OCH3 is 1. The van der Waals surface area contributed by atoms with Gasteiger partial charge in [-0.15, -0.1) is 11.3 Å². The summed E-state index contributed by atoms with van der Waals surface area (Å²) in [5, 5.41) is 1.09. The molecule has 0 N–H and O–H groups in total. The maximum Gasteiger partial charge on any atom is 0.305 e. The molecule has 0 aliphatic carbocycles. The van der Waals surface area contributed by atoms with Crippen molar-refractivity contribution in [2.75, 3.05) is 20.7 Å². The van der Waals surface area contributed by atoms with Crippen molar-refractivity contribution in [2.24, 2.45) is 0 Å². The molecule has 0 saturated carbocycles. The molecule has 1 amide bonds. The molecular weight excluding hydrogens is 274 g/mol. The van der Waals surface area contributed by atoms with Gasteiger partial charge in [-0.1, -0.05) is 18.2 Å². The Balaban J connectivity index is 1.97. The van der Waals surface area contributed by atoms with Crippen molar-refractivity contribution in [1.82, 2.24) is 4.90 Å². The van der Waals surface area contributed by atoms with Crippen molar-refractivity contribution in [2.45, 2.75) is 12.8 Å². The Morgan fingerprint density at radius 1 is 1.30 bits per heavy atom. The number of esters is 1. The molecule has 4 nitrogen and oxygen atoms in total. The average molecular weight is 291 g/mol. The van der Waals surface area contributed by atoms with Gasteiger partial charge in [0.2, 0.25) is 0 Å². The summed E-state index contributed by atoms with van der Waals surface area (Å²) in [7, 11) is 3.12. The van der Waals surface area contributed by atoms with Gasteiger partial charge in [0.05, 0.1) is 12.0 Å². The van der Waals surface area contributed by atoms with Crippen LogP contribution in [0, 0.1) is 0 Å². The highest BCUT2D eigenvalue weighted by Crippen LogP contribution is 2.26. The van der Waals surface area contributed by atoms with Crippen LogP contribution < -0.4 is 0 Å². The third-order valence-corrected chi connectivity index (χ3v) is 4.19. The molecular formula is C15H17NO3S. The first-order valence-electron chi connectivity index (χ1n) is 6.42. The summed E-state index contributed by atoms with van der Waals surface area (Å²) < 4.78 is 5.69. The number of carbonyl (C=O) groups is 2. The summed E-state index contributed by atoms with van der Waals surface area (Å²) in [5.41, 5.74) is 0. The fourth-order valence-corrected chi connectivity index (χ4v) is 3.00. The third-order valence-electron chi connectivity index (χ3n) is 3.09. The Kier molecular flexibility index (Phi) is 4.74. The first-order valence-corrected chi connectivity index (χ1v) is 7.24. The molecule has 0 spiro atoms. The quantitative estimate of drug-likeness (QED) is 0.796. The zero-order valence-electron chi connectivity index (χ0n) is 11.6. The number of nitrogens with zero attached hydrogens (tertiary/aromatic N) is 1. The van der Waals surface area contributed by atoms with E-state index in [9.17, 15) is 9.59 Å². The lowest BCUT2D eigenvalue weighted by molar-refractivity contribution is -0.140. The van der Waals surface area contributed by atoms with Crippen molar-refractivity contribution >= 4 is 33.3 Å². The third kappa shape index (κ3) is 3.36. The van der Waals surface area contributed by atoms with Gasteiger partial charge in [-0.3, -0.25) is 9.59 Å². The Labute approximate surface area is 122 Å². The lowest BCUT2D eigenvalue weighted by atomic mass is 10.2. The predicted molar refractivity (Wildman–Crippen MR) is 80.0 cm³/mol. The molecule has 1 heterocycles. The van der Waals surface area contributed by atoms with E-state index in [-0.39, 0.29) is 11.9 Å². The van der Waals surface area contributed by atoms with Gasteiger partial charge in [-0.05, 0) is 23.9 Å². The van der Waals surface area contributed by atoms with Crippen molar-refractivity contribution in [1.29, 1.82) is 0 Å². The average Bonchev–Trinajstić information content (AvgIpc) is 2.89. The minimum atomic E-state index is -0.243. The van der Waals surface area contributed by atoms with Crippen LogP contribution in [0.15, 0.2) is 30.3 Å². The fourth-order valence-electron chi connectivity index (χ4n) is 1.94. The van der Waals surface area contributed by atoms with E-state index in [0.29, 0.717) is 19.4 Å². The smallest absolute Gasteiger partial charge is 0.305 e. The molecule has 0 unspecified atom stereocenters. The Bertz CT molecular complexity index is 587.